The van der Waals surface area contributed by atoms with Gasteiger partial charge in [0.25, 0.3) is 5.91 Å². The molecule has 8 heteroatoms. The Morgan fingerprint density at radius 2 is 1.97 bits per heavy atom. The Morgan fingerprint density at radius 3 is 2.58 bits per heavy atom. The molecule has 1 fully saturated rings. The number of anilines is 1. The van der Waals surface area contributed by atoms with E-state index in [0.29, 0.717) is 12.5 Å². The van der Waals surface area contributed by atoms with Crippen molar-refractivity contribution < 1.29 is 14.3 Å². The molecule has 0 saturated heterocycles. The van der Waals surface area contributed by atoms with Gasteiger partial charge >= 0.3 is 6.09 Å². The van der Waals surface area contributed by atoms with E-state index in [4.69, 9.17) is 4.74 Å². The quantitative estimate of drug-likeness (QED) is 0.749. The molecular weight excluding hydrogens is 418 g/mol. The lowest BCUT2D eigenvalue weighted by molar-refractivity contribution is 0.0586. The summed E-state index contributed by atoms with van der Waals surface area (Å²) in [5.74, 6) is 0.497. The van der Waals surface area contributed by atoms with E-state index in [9.17, 15) is 9.59 Å². The fourth-order valence-electron chi connectivity index (χ4n) is 4.93. The predicted octanol–water partition coefficient (Wildman–Crippen LogP) is 3.53. The van der Waals surface area contributed by atoms with Crippen molar-refractivity contribution in [1.29, 1.82) is 0 Å². The van der Waals surface area contributed by atoms with Crippen LogP contribution in [-0.2, 0) is 23.2 Å². The van der Waals surface area contributed by atoms with Crippen LogP contribution < -0.4 is 10.2 Å². The summed E-state index contributed by atoms with van der Waals surface area (Å²) in [5.41, 5.74) is 3.72. The molecule has 1 saturated carbocycles. The van der Waals surface area contributed by atoms with Crippen LogP contribution in [0.15, 0.2) is 24.5 Å². The molecule has 2 heterocycles. The fraction of sp³-hybridized carbons (Fsp3) is 0.560. The first-order valence-corrected chi connectivity index (χ1v) is 11.6. The summed E-state index contributed by atoms with van der Waals surface area (Å²) in [6.45, 7) is 7.51. The Hall–Kier alpha value is -2.87. The van der Waals surface area contributed by atoms with E-state index < -0.39 is 11.7 Å². The first-order valence-electron chi connectivity index (χ1n) is 11.6. The van der Waals surface area contributed by atoms with Gasteiger partial charge in [0.1, 0.15) is 5.60 Å². The summed E-state index contributed by atoms with van der Waals surface area (Å²) < 4.78 is 7.40. The number of ether oxygens (including phenoxy) is 1. The molecule has 33 heavy (non-hydrogen) atoms. The zero-order valence-electron chi connectivity index (χ0n) is 20.6. The number of amides is 2. The lowest BCUT2D eigenvalue weighted by Gasteiger charge is -2.47. The molecular formula is C25H35N5O3. The average molecular weight is 454 g/mol. The van der Waals surface area contributed by atoms with Crippen molar-refractivity contribution in [3.8, 4) is 0 Å². The molecule has 1 aliphatic carbocycles. The van der Waals surface area contributed by atoms with Gasteiger partial charge in [-0.3, -0.25) is 9.69 Å². The summed E-state index contributed by atoms with van der Waals surface area (Å²) >= 11 is 0. The maximum atomic E-state index is 12.9. The monoisotopic (exact) mass is 453 g/mol. The van der Waals surface area contributed by atoms with Gasteiger partial charge in [0.15, 0.2) is 0 Å². The van der Waals surface area contributed by atoms with Crippen LogP contribution >= 0.6 is 0 Å². The van der Waals surface area contributed by atoms with Crippen LogP contribution in [0, 0.1) is 0 Å². The lowest BCUT2D eigenvalue weighted by atomic mass is 9.60. The number of benzene rings is 1. The highest BCUT2D eigenvalue weighted by molar-refractivity contribution is 5.98. The third kappa shape index (κ3) is 4.62. The molecule has 1 aromatic carbocycles. The highest BCUT2D eigenvalue weighted by Crippen LogP contribution is 2.48. The molecule has 178 valence electrons. The number of carbonyl (C=O) groups is 2. The number of carbonyl (C=O) groups excluding carboxylic acids is 2. The molecule has 2 aliphatic rings. The van der Waals surface area contributed by atoms with Gasteiger partial charge < -0.3 is 19.5 Å². The average Bonchev–Trinajstić information content (AvgIpc) is 3.13. The Labute approximate surface area is 195 Å². The van der Waals surface area contributed by atoms with Gasteiger partial charge in [0.2, 0.25) is 5.95 Å². The number of fused-ring (bicyclic) bond motifs is 2. The van der Waals surface area contributed by atoms with E-state index in [-0.39, 0.29) is 11.3 Å². The molecule has 1 aliphatic heterocycles. The maximum Gasteiger partial charge on any atom is 0.416 e. The molecule has 0 radical (unpaired) electrons. The first kappa shape index (κ1) is 23.3. The van der Waals surface area contributed by atoms with Crippen molar-refractivity contribution in [2.45, 2.75) is 64.1 Å². The number of nitrogens with one attached hydrogen (secondary N) is 1. The van der Waals surface area contributed by atoms with Crippen molar-refractivity contribution in [3.63, 3.8) is 0 Å². The summed E-state index contributed by atoms with van der Waals surface area (Å²) in [6.07, 6.45) is 6.49. The van der Waals surface area contributed by atoms with Crippen LogP contribution in [0.4, 0.5) is 10.7 Å². The summed E-state index contributed by atoms with van der Waals surface area (Å²) in [6, 6.07) is 4.23. The van der Waals surface area contributed by atoms with Gasteiger partial charge in [-0.1, -0.05) is 12.5 Å². The third-order valence-electron chi connectivity index (χ3n) is 6.45. The molecule has 8 nitrogen and oxygen atoms in total. The fourth-order valence-corrected chi connectivity index (χ4v) is 4.93. The second-order valence-electron chi connectivity index (χ2n) is 10.6. The van der Waals surface area contributed by atoms with Crippen LogP contribution in [0.2, 0.25) is 0 Å². The molecule has 0 bridgehead atoms. The SMILES string of the molecule is CN(C)Cc1cc(Cn2ccnc2N(C)C(=O)OC(C)(C)C)cc2c1C1(CCC1)CNC2=O. The lowest BCUT2D eigenvalue weighted by Crippen LogP contribution is -2.51. The van der Waals surface area contributed by atoms with Crippen molar-refractivity contribution in [2.75, 3.05) is 32.6 Å². The van der Waals surface area contributed by atoms with Crippen molar-refractivity contribution in [3.05, 3.63) is 46.8 Å². The van der Waals surface area contributed by atoms with Gasteiger partial charge in [-0.2, -0.15) is 0 Å². The number of imidazole rings is 1. The topological polar surface area (TPSA) is 79.7 Å². The van der Waals surface area contributed by atoms with Crippen LogP contribution in [0.3, 0.4) is 0 Å². The van der Waals surface area contributed by atoms with Gasteiger partial charge in [0.05, 0.1) is 6.54 Å². The molecule has 1 aromatic heterocycles. The number of rotatable bonds is 5. The molecule has 0 unspecified atom stereocenters. The third-order valence-corrected chi connectivity index (χ3v) is 6.45. The summed E-state index contributed by atoms with van der Waals surface area (Å²) in [4.78, 5) is 33.4. The minimum absolute atomic E-state index is 0.00103. The standard InChI is InChI=1S/C25H35N5O3/c1-24(2,3)33-23(32)29(6)22-26-10-11-30(22)14-17-12-18(15-28(4)5)20-19(13-17)21(31)27-16-25(20)8-7-9-25/h10-13H,7-9,14-16H2,1-6H3,(H,27,31). The molecule has 2 aromatic rings. The predicted molar refractivity (Wildman–Crippen MR) is 128 cm³/mol. The highest BCUT2D eigenvalue weighted by atomic mass is 16.6. The number of aromatic nitrogens is 2. The van der Waals surface area contributed by atoms with E-state index in [0.717, 1.165) is 37.1 Å². The summed E-state index contributed by atoms with van der Waals surface area (Å²) in [7, 11) is 5.77. The first-order chi connectivity index (χ1) is 15.5. The smallest absolute Gasteiger partial charge is 0.416 e. The number of nitrogens with zero attached hydrogens (tertiary/aromatic N) is 4. The Bertz CT molecular complexity index is 1060. The molecule has 0 atom stereocenters. The summed E-state index contributed by atoms with van der Waals surface area (Å²) in [5, 5.41) is 3.12. The molecule has 1 spiro atoms. The van der Waals surface area contributed by atoms with E-state index in [1.54, 1.807) is 13.2 Å². The Morgan fingerprint density at radius 1 is 1.24 bits per heavy atom. The number of hydrogen-bond donors (Lipinski definition) is 1. The van der Waals surface area contributed by atoms with Crippen LogP contribution in [0.25, 0.3) is 0 Å². The van der Waals surface area contributed by atoms with Gasteiger partial charge in [-0.05, 0) is 70.5 Å². The minimum Gasteiger partial charge on any atom is -0.443 e. The highest BCUT2D eigenvalue weighted by Gasteiger charge is 2.45. The van der Waals surface area contributed by atoms with E-state index in [2.05, 4.69) is 35.4 Å². The Kier molecular flexibility index (Phi) is 5.99. The zero-order chi connectivity index (χ0) is 24.0. The van der Waals surface area contributed by atoms with Gasteiger partial charge in [-0.25, -0.2) is 9.78 Å². The normalized spacial score (nSPS) is 16.9. The van der Waals surface area contributed by atoms with Crippen LogP contribution in [0.5, 0.6) is 0 Å². The van der Waals surface area contributed by atoms with E-state index in [1.165, 1.54) is 22.4 Å². The Balaban J connectivity index is 1.68. The number of hydrogen-bond acceptors (Lipinski definition) is 5. The van der Waals surface area contributed by atoms with E-state index >= 15 is 0 Å². The molecule has 4 rings (SSSR count). The zero-order valence-corrected chi connectivity index (χ0v) is 20.6. The van der Waals surface area contributed by atoms with Gasteiger partial charge in [0, 0.05) is 43.5 Å². The van der Waals surface area contributed by atoms with Gasteiger partial charge in [-0.15, -0.1) is 0 Å². The minimum atomic E-state index is -0.590. The molecule has 1 N–H and O–H groups in total. The second-order valence-corrected chi connectivity index (χ2v) is 10.6. The maximum absolute atomic E-state index is 12.9. The largest absolute Gasteiger partial charge is 0.443 e. The van der Waals surface area contributed by atoms with Crippen LogP contribution in [-0.4, -0.2) is 59.7 Å². The molecule has 2 amide bonds. The van der Waals surface area contributed by atoms with Crippen molar-refractivity contribution in [2.24, 2.45) is 0 Å². The van der Waals surface area contributed by atoms with Crippen molar-refractivity contribution >= 4 is 17.9 Å². The van der Waals surface area contributed by atoms with Crippen LogP contribution in [0.1, 0.15) is 67.1 Å². The van der Waals surface area contributed by atoms with Crippen molar-refractivity contribution in [1.82, 2.24) is 19.8 Å². The van der Waals surface area contributed by atoms with E-state index in [1.807, 2.05) is 37.6 Å². The second kappa shape index (κ2) is 8.48.